The van der Waals surface area contributed by atoms with Crippen LogP contribution in [0.15, 0.2) is 125 Å². The first-order valence-corrected chi connectivity index (χ1v) is 13.0. The van der Waals surface area contributed by atoms with E-state index in [0.29, 0.717) is 15.9 Å². The molecule has 2 heterocycles. The van der Waals surface area contributed by atoms with Crippen molar-refractivity contribution in [3.8, 4) is 28.1 Å². The Morgan fingerprint density at radius 3 is 1.87 bits per heavy atom. The van der Waals surface area contributed by atoms with Crippen molar-refractivity contribution in [1.82, 2.24) is 9.47 Å². The second-order valence-electron chi connectivity index (χ2n) is 8.68. The monoisotopic (exact) mass is 514 g/mol. The first-order valence-electron chi connectivity index (χ1n) is 12.1. The molecule has 6 rings (SSSR count). The van der Waals surface area contributed by atoms with Crippen LogP contribution in [0.2, 0.25) is 0 Å². The number of rotatable bonds is 6. The van der Waals surface area contributed by atoms with Gasteiger partial charge in [0.05, 0.1) is 23.4 Å². The molecule has 6 nitrogen and oxygen atoms in total. The molecular formula is C31H22N4O2S. The average molecular weight is 515 g/mol. The summed E-state index contributed by atoms with van der Waals surface area (Å²) in [6, 6.07) is 35.6. The molecule has 1 aromatic heterocycles. The highest BCUT2D eigenvalue weighted by Gasteiger charge is 2.34. The molecule has 38 heavy (non-hydrogen) atoms. The second-order valence-corrected chi connectivity index (χ2v) is 9.52. The van der Waals surface area contributed by atoms with Crippen molar-refractivity contribution in [1.29, 1.82) is 0 Å². The number of amides is 2. The Balaban J connectivity index is 1.30. The highest BCUT2D eigenvalue weighted by atomic mass is 32.1. The zero-order valence-electron chi connectivity index (χ0n) is 20.3. The number of thiazole rings is 1. The summed E-state index contributed by atoms with van der Waals surface area (Å²) in [4.78, 5) is 27.1. The van der Waals surface area contributed by atoms with Gasteiger partial charge in [0.1, 0.15) is 0 Å². The number of hydrogen-bond acceptors (Lipinski definition) is 5. The molecule has 0 fully saturated rings. The van der Waals surface area contributed by atoms with Crippen molar-refractivity contribution >= 4 is 29.4 Å². The summed E-state index contributed by atoms with van der Waals surface area (Å²) in [5.41, 5.74) is 6.18. The van der Waals surface area contributed by atoms with Crippen molar-refractivity contribution in [2.45, 2.75) is 0 Å². The Bertz CT molecular complexity index is 1680. The summed E-state index contributed by atoms with van der Waals surface area (Å²) in [6.45, 7) is 0.0559. The maximum absolute atomic E-state index is 12.6. The lowest BCUT2D eigenvalue weighted by Gasteiger charge is -2.10. The summed E-state index contributed by atoms with van der Waals surface area (Å²) in [7, 11) is 0. The van der Waals surface area contributed by atoms with E-state index in [1.165, 1.54) is 28.0 Å². The Morgan fingerprint density at radius 2 is 1.21 bits per heavy atom. The van der Waals surface area contributed by atoms with E-state index in [-0.39, 0.29) is 18.4 Å². The first-order chi connectivity index (χ1) is 18.7. The van der Waals surface area contributed by atoms with Crippen LogP contribution in [-0.2, 0) is 0 Å². The van der Waals surface area contributed by atoms with E-state index in [9.17, 15) is 9.59 Å². The molecule has 4 aromatic carbocycles. The number of imide groups is 1. The quantitative estimate of drug-likeness (QED) is 0.157. The number of nitrogens with zero attached hydrogens (tertiary/aromatic N) is 4. The van der Waals surface area contributed by atoms with Gasteiger partial charge in [0, 0.05) is 17.3 Å². The van der Waals surface area contributed by atoms with Gasteiger partial charge in [0.2, 0.25) is 4.80 Å². The van der Waals surface area contributed by atoms with E-state index in [2.05, 4.69) is 56.5 Å². The topological polar surface area (TPSA) is 67.0 Å². The second kappa shape index (κ2) is 10.2. The number of carbonyl (C=O) groups is 2. The van der Waals surface area contributed by atoms with E-state index in [4.69, 9.17) is 0 Å². The SMILES string of the molecule is O=C1c2ccccc2C(=O)N1C/C=N/N=c1\scc(-c2ccc(-c3ccccc3)cc2)n1-c1ccccc1. The fourth-order valence-electron chi connectivity index (χ4n) is 4.49. The Morgan fingerprint density at radius 1 is 0.658 bits per heavy atom. The zero-order chi connectivity index (χ0) is 25.9. The summed E-state index contributed by atoms with van der Waals surface area (Å²) in [6.07, 6.45) is 1.49. The Hall–Kier alpha value is -4.88. The van der Waals surface area contributed by atoms with Crippen LogP contribution in [0.5, 0.6) is 0 Å². The van der Waals surface area contributed by atoms with Gasteiger partial charge in [-0.15, -0.1) is 16.4 Å². The predicted molar refractivity (Wildman–Crippen MR) is 150 cm³/mol. The smallest absolute Gasteiger partial charge is 0.261 e. The normalized spacial score (nSPS) is 13.5. The van der Waals surface area contributed by atoms with Crippen molar-refractivity contribution in [2.75, 3.05) is 6.54 Å². The maximum Gasteiger partial charge on any atom is 0.261 e. The van der Waals surface area contributed by atoms with Crippen LogP contribution in [0.25, 0.3) is 28.1 Å². The van der Waals surface area contributed by atoms with E-state index < -0.39 is 0 Å². The molecule has 0 aliphatic carbocycles. The first kappa shape index (κ1) is 23.5. The fourth-order valence-corrected chi connectivity index (χ4v) is 5.35. The number of para-hydroxylation sites is 1. The zero-order valence-corrected chi connectivity index (χ0v) is 21.1. The van der Waals surface area contributed by atoms with Crippen LogP contribution in [0.3, 0.4) is 0 Å². The van der Waals surface area contributed by atoms with Crippen molar-refractivity contribution in [3.63, 3.8) is 0 Å². The average Bonchev–Trinajstić information content (AvgIpc) is 3.51. The van der Waals surface area contributed by atoms with Gasteiger partial charge in [0.25, 0.3) is 11.8 Å². The standard InChI is InChI=1S/C31H22N4O2S/c36-29-26-13-7-8-14-27(26)30(37)34(29)20-19-32-33-31-35(25-11-5-2-6-12-25)28(21-38-31)24-17-15-23(16-18-24)22-9-3-1-4-10-22/h1-19,21H,20H2/b32-19+,33-31-. The summed E-state index contributed by atoms with van der Waals surface area (Å²) < 4.78 is 2.06. The number of benzene rings is 4. The molecule has 0 unspecified atom stereocenters. The Labute approximate surface area is 223 Å². The summed E-state index contributed by atoms with van der Waals surface area (Å²) in [5, 5.41) is 10.7. The third-order valence-corrected chi connectivity index (χ3v) is 7.19. The molecule has 0 spiro atoms. The molecule has 0 saturated carbocycles. The molecule has 0 saturated heterocycles. The fraction of sp³-hybridized carbons (Fsp3) is 0.0323. The van der Waals surface area contributed by atoms with Gasteiger partial charge in [-0.25, -0.2) is 0 Å². The van der Waals surface area contributed by atoms with Gasteiger partial charge < -0.3 is 0 Å². The minimum absolute atomic E-state index is 0.0559. The highest BCUT2D eigenvalue weighted by molar-refractivity contribution is 7.07. The lowest BCUT2D eigenvalue weighted by Crippen LogP contribution is -2.31. The van der Waals surface area contributed by atoms with Crippen LogP contribution in [0.1, 0.15) is 20.7 Å². The largest absolute Gasteiger partial charge is 0.284 e. The van der Waals surface area contributed by atoms with Crippen molar-refractivity contribution < 1.29 is 9.59 Å². The van der Waals surface area contributed by atoms with E-state index in [0.717, 1.165) is 22.5 Å². The van der Waals surface area contributed by atoms with E-state index in [1.54, 1.807) is 24.3 Å². The molecule has 184 valence electrons. The van der Waals surface area contributed by atoms with Crippen LogP contribution < -0.4 is 4.80 Å². The lowest BCUT2D eigenvalue weighted by molar-refractivity contribution is 0.0679. The third kappa shape index (κ3) is 4.40. The van der Waals surface area contributed by atoms with Crippen LogP contribution in [-0.4, -0.2) is 34.0 Å². The van der Waals surface area contributed by atoms with Gasteiger partial charge in [-0.05, 0) is 41.0 Å². The molecule has 0 N–H and O–H groups in total. The molecule has 1 aliphatic heterocycles. The highest BCUT2D eigenvalue weighted by Crippen LogP contribution is 2.27. The van der Waals surface area contributed by atoms with Gasteiger partial charge >= 0.3 is 0 Å². The molecule has 1 aliphatic rings. The van der Waals surface area contributed by atoms with Crippen molar-refractivity contribution in [2.24, 2.45) is 10.2 Å². The molecule has 0 bridgehead atoms. The van der Waals surface area contributed by atoms with Crippen LogP contribution in [0, 0.1) is 0 Å². The molecule has 7 heteroatoms. The van der Waals surface area contributed by atoms with Crippen LogP contribution in [0.4, 0.5) is 0 Å². The maximum atomic E-state index is 12.6. The van der Waals surface area contributed by atoms with Crippen molar-refractivity contribution in [3.05, 3.63) is 131 Å². The summed E-state index contributed by atoms with van der Waals surface area (Å²) >= 11 is 1.48. The number of hydrogen-bond donors (Lipinski definition) is 0. The molecule has 0 radical (unpaired) electrons. The Kier molecular flexibility index (Phi) is 6.34. The predicted octanol–water partition coefficient (Wildman–Crippen LogP) is 6.06. The number of aromatic nitrogens is 1. The third-order valence-electron chi connectivity index (χ3n) is 6.38. The van der Waals surface area contributed by atoms with Gasteiger partial charge in [-0.2, -0.15) is 5.10 Å². The van der Waals surface area contributed by atoms with Gasteiger partial charge in [-0.3, -0.25) is 19.1 Å². The minimum Gasteiger partial charge on any atom is -0.284 e. The lowest BCUT2D eigenvalue weighted by atomic mass is 10.0. The summed E-state index contributed by atoms with van der Waals surface area (Å²) in [5.74, 6) is -0.623. The van der Waals surface area contributed by atoms with E-state index in [1.807, 2.05) is 48.5 Å². The molecular weight excluding hydrogens is 492 g/mol. The minimum atomic E-state index is -0.311. The number of fused-ring (bicyclic) bond motifs is 1. The van der Waals surface area contributed by atoms with Crippen LogP contribution >= 0.6 is 11.3 Å². The molecule has 0 atom stereocenters. The van der Waals surface area contributed by atoms with E-state index >= 15 is 0 Å². The molecule has 5 aromatic rings. The van der Waals surface area contributed by atoms with Gasteiger partial charge in [0.15, 0.2) is 0 Å². The van der Waals surface area contributed by atoms with Gasteiger partial charge in [-0.1, -0.05) is 84.9 Å². The molecule has 2 amide bonds. The number of carbonyl (C=O) groups excluding carboxylic acids is 2.